The van der Waals surface area contributed by atoms with Crippen molar-refractivity contribution in [1.82, 2.24) is 19.3 Å². The summed E-state index contributed by atoms with van der Waals surface area (Å²) in [6, 6.07) is 9.64. The Morgan fingerprint density at radius 1 is 1.27 bits per heavy atom. The van der Waals surface area contributed by atoms with Crippen molar-refractivity contribution < 1.29 is 17.7 Å². The molecule has 0 bridgehead atoms. The van der Waals surface area contributed by atoms with Gasteiger partial charge in [0.1, 0.15) is 0 Å². The van der Waals surface area contributed by atoms with E-state index in [1.54, 1.807) is 4.90 Å². The van der Waals surface area contributed by atoms with Crippen LogP contribution >= 0.6 is 0 Å². The van der Waals surface area contributed by atoms with Crippen LogP contribution in [0.1, 0.15) is 49.9 Å². The van der Waals surface area contributed by atoms with E-state index in [1.165, 1.54) is 10.6 Å². The van der Waals surface area contributed by atoms with Gasteiger partial charge in [0.15, 0.2) is 5.82 Å². The highest BCUT2D eigenvalue weighted by molar-refractivity contribution is 7.88. The summed E-state index contributed by atoms with van der Waals surface area (Å²) in [5.41, 5.74) is 0.636. The Labute approximate surface area is 177 Å². The number of rotatable bonds is 8. The highest BCUT2D eigenvalue weighted by Gasteiger charge is 2.55. The number of sulfonamides is 1. The van der Waals surface area contributed by atoms with Gasteiger partial charge in [-0.05, 0) is 18.4 Å². The number of carbonyl (C=O) groups excluding carboxylic acids is 1. The maximum absolute atomic E-state index is 13.1. The Hall–Kier alpha value is -2.26. The van der Waals surface area contributed by atoms with Gasteiger partial charge in [0, 0.05) is 32.0 Å². The van der Waals surface area contributed by atoms with Crippen molar-refractivity contribution >= 4 is 15.9 Å². The van der Waals surface area contributed by atoms with Crippen LogP contribution in [0.5, 0.6) is 0 Å². The number of hydrogen-bond donors (Lipinski definition) is 0. The molecular formula is C21H28N4O4S. The van der Waals surface area contributed by atoms with Crippen LogP contribution in [0.15, 0.2) is 34.9 Å². The number of likely N-dealkylation sites (tertiary alicyclic amines) is 1. The maximum atomic E-state index is 13.1. The lowest BCUT2D eigenvalue weighted by molar-refractivity contribution is -0.140. The fraction of sp³-hybridized carbons (Fsp3) is 0.571. The normalized spacial score (nSPS) is 18.6. The second-order valence-corrected chi connectivity index (χ2v) is 10.6. The molecule has 1 saturated carbocycles. The van der Waals surface area contributed by atoms with Gasteiger partial charge < -0.3 is 9.42 Å². The third-order valence-corrected chi connectivity index (χ3v) is 7.33. The van der Waals surface area contributed by atoms with Gasteiger partial charge in [0.25, 0.3) is 0 Å². The fourth-order valence-corrected chi connectivity index (χ4v) is 5.14. The van der Waals surface area contributed by atoms with Crippen LogP contribution in [-0.2, 0) is 26.7 Å². The number of nitrogens with zero attached hydrogens (tertiary/aromatic N) is 4. The van der Waals surface area contributed by atoms with Gasteiger partial charge in [0.2, 0.25) is 21.8 Å². The summed E-state index contributed by atoms with van der Waals surface area (Å²) in [5.74, 6) is 1.29. The first-order valence-corrected chi connectivity index (χ1v) is 12.2. The van der Waals surface area contributed by atoms with Crippen molar-refractivity contribution in [2.24, 2.45) is 0 Å². The predicted molar refractivity (Wildman–Crippen MR) is 111 cm³/mol. The molecule has 0 unspecified atom stereocenters. The lowest BCUT2D eigenvalue weighted by atomic mass is 9.92. The van der Waals surface area contributed by atoms with Crippen LogP contribution < -0.4 is 0 Å². The van der Waals surface area contributed by atoms with E-state index in [2.05, 4.69) is 10.1 Å². The van der Waals surface area contributed by atoms with Crippen LogP contribution in [0.2, 0.25) is 0 Å². The summed E-state index contributed by atoms with van der Waals surface area (Å²) in [6.07, 6.45) is 3.28. The number of aromatic nitrogens is 2. The first-order valence-electron chi connectivity index (χ1n) is 10.3. The van der Waals surface area contributed by atoms with Crippen LogP contribution in [0.4, 0.5) is 0 Å². The Balaban J connectivity index is 1.38. The van der Waals surface area contributed by atoms with Crippen molar-refractivity contribution in [2.75, 3.05) is 25.9 Å². The standard InChI is InChI=1S/C21H28N4O4S/c1-15(2)19-22-18(23-29-19)9-12-25(30(3,27)28)17-13-24(14-17)20(26)21(10-11-21)16-7-5-4-6-8-16/h4-8,15,17H,9-14H2,1-3H3. The molecule has 1 saturated heterocycles. The molecule has 2 fully saturated rings. The van der Waals surface area contributed by atoms with Gasteiger partial charge >= 0.3 is 0 Å². The lowest BCUT2D eigenvalue weighted by Gasteiger charge is -2.45. The van der Waals surface area contributed by atoms with Crippen LogP contribution in [-0.4, -0.2) is 65.6 Å². The van der Waals surface area contributed by atoms with Crippen molar-refractivity contribution in [1.29, 1.82) is 0 Å². The third kappa shape index (κ3) is 4.00. The molecule has 8 nitrogen and oxygen atoms in total. The van der Waals surface area contributed by atoms with E-state index in [1.807, 2.05) is 44.2 Å². The molecule has 0 N–H and O–H groups in total. The van der Waals surface area contributed by atoms with E-state index >= 15 is 0 Å². The zero-order valence-corrected chi connectivity index (χ0v) is 18.4. The van der Waals surface area contributed by atoms with Gasteiger partial charge in [0.05, 0.1) is 17.7 Å². The maximum Gasteiger partial charge on any atom is 0.233 e. The topological polar surface area (TPSA) is 96.6 Å². The van der Waals surface area contributed by atoms with E-state index in [0.717, 1.165) is 18.4 Å². The molecular weight excluding hydrogens is 404 g/mol. The lowest BCUT2D eigenvalue weighted by Crippen LogP contribution is -2.63. The van der Waals surface area contributed by atoms with Crippen LogP contribution in [0, 0.1) is 0 Å². The summed E-state index contributed by atoms with van der Waals surface area (Å²) in [7, 11) is -3.42. The second kappa shape index (κ2) is 7.77. The molecule has 0 atom stereocenters. The SMILES string of the molecule is CC(C)c1nc(CCN(C2CN(C(=O)C3(c4ccccc4)CC3)C2)S(C)(=O)=O)no1. The fourth-order valence-electron chi connectivity index (χ4n) is 4.05. The molecule has 0 radical (unpaired) electrons. The molecule has 0 spiro atoms. The summed E-state index contributed by atoms with van der Waals surface area (Å²) < 4.78 is 31.4. The summed E-state index contributed by atoms with van der Waals surface area (Å²) in [5, 5.41) is 3.94. The largest absolute Gasteiger partial charge is 0.339 e. The highest BCUT2D eigenvalue weighted by atomic mass is 32.2. The minimum absolute atomic E-state index is 0.109. The molecule has 4 rings (SSSR count). The van der Waals surface area contributed by atoms with Crippen molar-refractivity contribution in [2.45, 2.75) is 50.5 Å². The van der Waals surface area contributed by atoms with E-state index < -0.39 is 15.4 Å². The van der Waals surface area contributed by atoms with E-state index in [4.69, 9.17) is 4.52 Å². The molecule has 30 heavy (non-hydrogen) atoms. The summed E-state index contributed by atoms with van der Waals surface area (Å²) >= 11 is 0. The van der Waals surface area contributed by atoms with E-state index in [-0.39, 0.29) is 24.4 Å². The average molecular weight is 433 g/mol. The quantitative estimate of drug-likeness (QED) is 0.632. The van der Waals surface area contributed by atoms with Crippen molar-refractivity contribution in [3.8, 4) is 0 Å². The Kier molecular flexibility index (Phi) is 5.44. The molecule has 9 heteroatoms. The van der Waals surface area contributed by atoms with Gasteiger partial charge in [-0.25, -0.2) is 8.42 Å². The molecule has 2 heterocycles. The molecule has 1 amide bonds. The van der Waals surface area contributed by atoms with Gasteiger partial charge in [-0.15, -0.1) is 0 Å². The van der Waals surface area contributed by atoms with E-state index in [9.17, 15) is 13.2 Å². The van der Waals surface area contributed by atoms with Crippen molar-refractivity contribution in [3.63, 3.8) is 0 Å². The van der Waals surface area contributed by atoms with Gasteiger partial charge in [-0.1, -0.05) is 49.3 Å². The molecule has 2 aromatic rings. The number of hydrogen-bond acceptors (Lipinski definition) is 6. The number of benzene rings is 1. The Morgan fingerprint density at radius 3 is 2.47 bits per heavy atom. The molecule has 1 aliphatic carbocycles. The predicted octanol–water partition coefficient (Wildman–Crippen LogP) is 1.94. The first-order chi connectivity index (χ1) is 14.2. The molecule has 1 aromatic carbocycles. The smallest absolute Gasteiger partial charge is 0.233 e. The van der Waals surface area contributed by atoms with E-state index in [0.29, 0.717) is 31.2 Å². The van der Waals surface area contributed by atoms with Crippen LogP contribution in [0.25, 0.3) is 0 Å². The zero-order valence-electron chi connectivity index (χ0n) is 17.6. The van der Waals surface area contributed by atoms with Gasteiger partial charge in [-0.3, -0.25) is 4.79 Å². The van der Waals surface area contributed by atoms with Crippen LogP contribution in [0.3, 0.4) is 0 Å². The minimum Gasteiger partial charge on any atom is -0.339 e. The minimum atomic E-state index is -3.42. The first kappa shape index (κ1) is 21.0. The monoisotopic (exact) mass is 432 g/mol. The summed E-state index contributed by atoms with van der Waals surface area (Å²) in [6.45, 7) is 5.03. The second-order valence-electron chi connectivity index (χ2n) is 8.64. The molecule has 2 aliphatic rings. The Morgan fingerprint density at radius 2 is 1.93 bits per heavy atom. The molecule has 1 aromatic heterocycles. The number of amides is 1. The zero-order chi connectivity index (χ0) is 21.5. The molecule has 162 valence electrons. The number of carbonyl (C=O) groups is 1. The van der Waals surface area contributed by atoms with Crippen molar-refractivity contribution in [3.05, 3.63) is 47.6 Å². The van der Waals surface area contributed by atoms with Gasteiger partial charge in [-0.2, -0.15) is 9.29 Å². The highest BCUT2D eigenvalue weighted by Crippen LogP contribution is 2.50. The Bertz CT molecular complexity index is 1010. The third-order valence-electron chi connectivity index (χ3n) is 6.00. The average Bonchev–Trinajstić information content (AvgIpc) is 3.34. The summed E-state index contributed by atoms with van der Waals surface area (Å²) in [4.78, 5) is 19.2. The molecule has 1 aliphatic heterocycles.